The van der Waals surface area contributed by atoms with Crippen molar-refractivity contribution in [2.45, 2.75) is 0 Å². The number of likely N-dealkylation sites (N-methyl/N-ethyl adjacent to an activating group) is 1. The molecule has 0 saturated carbocycles. The van der Waals surface area contributed by atoms with E-state index in [1.165, 1.54) is 0 Å². The van der Waals surface area contributed by atoms with Crippen molar-refractivity contribution in [1.29, 1.82) is 0 Å². The number of carbonyl (C=O) groups excluding carboxylic acids is 1. The Bertz CT molecular complexity index is 853. The van der Waals surface area contributed by atoms with Gasteiger partial charge in [-0.2, -0.15) is 0 Å². The molecule has 2 heterocycles. The Kier molecular flexibility index (Phi) is 4.48. The van der Waals surface area contributed by atoms with E-state index in [0.717, 1.165) is 23.6 Å². The predicted octanol–water partition coefficient (Wildman–Crippen LogP) is 2.04. The van der Waals surface area contributed by atoms with Crippen LogP contribution in [0.5, 0.6) is 5.75 Å². The molecular formula is C18H20N4O2. The summed E-state index contributed by atoms with van der Waals surface area (Å²) in [5.41, 5.74) is 8.11. The highest BCUT2D eigenvalue weighted by molar-refractivity contribution is 5.98. The Morgan fingerprint density at radius 2 is 2.00 bits per heavy atom. The molecule has 0 spiro atoms. The highest BCUT2D eigenvalue weighted by Crippen LogP contribution is 2.23. The second-order valence-corrected chi connectivity index (χ2v) is 5.82. The molecule has 0 bridgehead atoms. The van der Waals surface area contributed by atoms with Crippen LogP contribution in [-0.2, 0) is 0 Å². The van der Waals surface area contributed by atoms with Crippen LogP contribution in [0.15, 0.2) is 48.8 Å². The standard InChI is InChI=1S/C18H20N4O2/c1-21(2)10-11-24-14-7-5-13(6-8-14)16-12-22-9-3-4-15(17(19)23)18(22)20-16/h3-9,12H,10-11H2,1-2H3,(H2,19,23). The van der Waals surface area contributed by atoms with Gasteiger partial charge in [0.2, 0.25) is 0 Å². The van der Waals surface area contributed by atoms with E-state index in [0.29, 0.717) is 17.8 Å². The summed E-state index contributed by atoms with van der Waals surface area (Å²) in [6, 6.07) is 11.2. The van der Waals surface area contributed by atoms with Crippen molar-refractivity contribution in [2.24, 2.45) is 5.73 Å². The number of benzene rings is 1. The molecule has 2 N–H and O–H groups in total. The van der Waals surface area contributed by atoms with Crippen molar-refractivity contribution < 1.29 is 9.53 Å². The molecule has 0 fully saturated rings. The third kappa shape index (κ3) is 3.38. The van der Waals surface area contributed by atoms with E-state index >= 15 is 0 Å². The molecule has 6 nitrogen and oxygen atoms in total. The van der Waals surface area contributed by atoms with E-state index in [9.17, 15) is 4.79 Å². The first-order chi connectivity index (χ1) is 11.5. The smallest absolute Gasteiger partial charge is 0.252 e. The molecule has 1 aromatic carbocycles. The number of nitrogens with two attached hydrogens (primary N) is 1. The van der Waals surface area contributed by atoms with Gasteiger partial charge in [0.1, 0.15) is 18.0 Å². The fourth-order valence-electron chi connectivity index (χ4n) is 2.41. The third-order valence-electron chi connectivity index (χ3n) is 3.71. The number of ether oxygens (including phenoxy) is 1. The number of carbonyl (C=O) groups is 1. The van der Waals surface area contributed by atoms with E-state index < -0.39 is 5.91 Å². The molecule has 6 heteroatoms. The van der Waals surface area contributed by atoms with Crippen LogP contribution in [0.25, 0.3) is 16.9 Å². The number of amides is 1. The number of nitrogens with zero attached hydrogens (tertiary/aromatic N) is 3. The number of rotatable bonds is 6. The normalized spacial score (nSPS) is 11.1. The topological polar surface area (TPSA) is 72.9 Å². The molecule has 0 aliphatic rings. The molecule has 24 heavy (non-hydrogen) atoms. The number of hydrogen-bond acceptors (Lipinski definition) is 4. The summed E-state index contributed by atoms with van der Waals surface area (Å²) in [5.74, 6) is 0.338. The number of primary amides is 1. The molecule has 0 aliphatic carbocycles. The zero-order valence-corrected chi connectivity index (χ0v) is 13.8. The molecule has 3 rings (SSSR count). The van der Waals surface area contributed by atoms with E-state index in [-0.39, 0.29) is 0 Å². The maximum atomic E-state index is 11.5. The number of fused-ring (bicyclic) bond motifs is 1. The van der Waals surface area contributed by atoms with Crippen LogP contribution in [0.2, 0.25) is 0 Å². The molecule has 2 aromatic heterocycles. The number of aromatic nitrogens is 2. The van der Waals surface area contributed by atoms with Crippen molar-refractivity contribution in [3.8, 4) is 17.0 Å². The monoisotopic (exact) mass is 324 g/mol. The minimum Gasteiger partial charge on any atom is -0.492 e. The predicted molar refractivity (Wildman–Crippen MR) is 93.2 cm³/mol. The average Bonchev–Trinajstić information content (AvgIpc) is 2.99. The second-order valence-electron chi connectivity index (χ2n) is 5.82. The van der Waals surface area contributed by atoms with Gasteiger partial charge in [0.15, 0.2) is 0 Å². The molecule has 0 unspecified atom stereocenters. The molecule has 3 aromatic rings. The van der Waals surface area contributed by atoms with Gasteiger partial charge in [-0.1, -0.05) is 0 Å². The average molecular weight is 324 g/mol. The summed E-state index contributed by atoms with van der Waals surface area (Å²) in [6.45, 7) is 1.51. The van der Waals surface area contributed by atoms with Crippen molar-refractivity contribution in [2.75, 3.05) is 27.2 Å². The molecule has 0 saturated heterocycles. The minimum absolute atomic E-state index is 0.410. The Labute approximate surface area is 140 Å². The fourth-order valence-corrected chi connectivity index (χ4v) is 2.41. The van der Waals surface area contributed by atoms with Gasteiger partial charge in [-0.3, -0.25) is 4.79 Å². The Morgan fingerprint density at radius 1 is 1.25 bits per heavy atom. The van der Waals surface area contributed by atoms with Crippen LogP contribution in [0.4, 0.5) is 0 Å². The van der Waals surface area contributed by atoms with Crippen molar-refractivity contribution in [3.63, 3.8) is 0 Å². The maximum Gasteiger partial charge on any atom is 0.252 e. The van der Waals surface area contributed by atoms with Gasteiger partial charge in [0.05, 0.1) is 11.3 Å². The first kappa shape index (κ1) is 16.0. The number of imidazole rings is 1. The summed E-state index contributed by atoms with van der Waals surface area (Å²) >= 11 is 0. The lowest BCUT2D eigenvalue weighted by Gasteiger charge is -2.11. The SMILES string of the molecule is CN(C)CCOc1ccc(-c2cn3cccc(C(N)=O)c3n2)cc1. The van der Waals surface area contributed by atoms with Gasteiger partial charge in [-0.15, -0.1) is 0 Å². The summed E-state index contributed by atoms with van der Waals surface area (Å²) < 4.78 is 7.49. The van der Waals surface area contributed by atoms with E-state index in [1.807, 2.05) is 50.8 Å². The quantitative estimate of drug-likeness (QED) is 0.753. The lowest BCUT2D eigenvalue weighted by molar-refractivity contribution is 0.100. The van der Waals surface area contributed by atoms with Crippen molar-refractivity contribution >= 4 is 11.6 Å². The van der Waals surface area contributed by atoms with Crippen LogP contribution in [0.1, 0.15) is 10.4 Å². The van der Waals surface area contributed by atoms with E-state index in [2.05, 4.69) is 9.88 Å². The largest absolute Gasteiger partial charge is 0.492 e. The van der Waals surface area contributed by atoms with Crippen LogP contribution < -0.4 is 10.5 Å². The van der Waals surface area contributed by atoms with Crippen LogP contribution in [-0.4, -0.2) is 47.4 Å². The summed E-state index contributed by atoms with van der Waals surface area (Å²) in [5, 5.41) is 0. The van der Waals surface area contributed by atoms with Gasteiger partial charge in [0.25, 0.3) is 5.91 Å². The van der Waals surface area contributed by atoms with Crippen LogP contribution in [0, 0.1) is 0 Å². The van der Waals surface area contributed by atoms with Crippen molar-refractivity contribution in [1.82, 2.24) is 14.3 Å². The summed E-state index contributed by atoms with van der Waals surface area (Å²) in [4.78, 5) is 18.1. The second kappa shape index (κ2) is 6.72. The Balaban J connectivity index is 1.83. The zero-order valence-electron chi connectivity index (χ0n) is 13.8. The van der Waals surface area contributed by atoms with E-state index in [1.54, 1.807) is 16.5 Å². The van der Waals surface area contributed by atoms with Gasteiger partial charge in [-0.05, 0) is 50.5 Å². The molecular weight excluding hydrogens is 304 g/mol. The third-order valence-corrected chi connectivity index (χ3v) is 3.71. The lowest BCUT2D eigenvalue weighted by atomic mass is 10.2. The fraction of sp³-hybridized carbons (Fsp3) is 0.222. The molecule has 1 amide bonds. The maximum absolute atomic E-state index is 11.5. The highest BCUT2D eigenvalue weighted by Gasteiger charge is 2.11. The lowest BCUT2D eigenvalue weighted by Crippen LogP contribution is -2.19. The molecule has 0 atom stereocenters. The van der Waals surface area contributed by atoms with Crippen molar-refractivity contribution in [3.05, 3.63) is 54.4 Å². The zero-order chi connectivity index (χ0) is 17.1. The highest BCUT2D eigenvalue weighted by atomic mass is 16.5. The molecule has 0 aliphatic heterocycles. The Morgan fingerprint density at radius 3 is 2.67 bits per heavy atom. The van der Waals surface area contributed by atoms with E-state index in [4.69, 9.17) is 10.5 Å². The summed E-state index contributed by atoms with van der Waals surface area (Å²) in [6.07, 6.45) is 3.72. The Hall–Kier alpha value is -2.86. The van der Waals surface area contributed by atoms with Gasteiger partial charge >= 0.3 is 0 Å². The van der Waals surface area contributed by atoms with Gasteiger partial charge in [-0.25, -0.2) is 4.98 Å². The molecule has 0 radical (unpaired) electrons. The minimum atomic E-state index is -0.484. The first-order valence-corrected chi connectivity index (χ1v) is 7.70. The van der Waals surface area contributed by atoms with Crippen LogP contribution >= 0.6 is 0 Å². The van der Waals surface area contributed by atoms with Gasteiger partial charge in [0, 0.05) is 24.5 Å². The number of pyridine rings is 1. The summed E-state index contributed by atoms with van der Waals surface area (Å²) in [7, 11) is 4.02. The van der Waals surface area contributed by atoms with Crippen LogP contribution in [0.3, 0.4) is 0 Å². The molecule has 124 valence electrons. The first-order valence-electron chi connectivity index (χ1n) is 7.70. The van der Waals surface area contributed by atoms with Gasteiger partial charge < -0.3 is 19.8 Å². The number of hydrogen-bond donors (Lipinski definition) is 1.